The largest absolute Gasteiger partial charge is 0.382 e. The fraction of sp³-hybridized carbons (Fsp3) is 0.588. The van der Waals surface area contributed by atoms with Crippen LogP contribution in [0.1, 0.15) is 59.0 Å². The molecule has 1 aromatic rings. The SMILES string of the molecule is CC(C)Nc1ccc(C2OC(C)(C)C(C)(C)O2)cc1C=N. The van der Waals surface area contributed by atoms with Crippen LogP contribution in [0.2, 0.25) is 0 Å². The number of benzene rings is 1. The van der Waals surface area contributed by atoms with Gasteiger partial charge in [0.25, 0.3) is 0 Å². The number of nitrogens with one attached hydrogen (secondary N) is 2. The summed E-state index contributed by atoms with van der Waals surface area (Å²) in [6.45, 7) is 12.3. The third-order valence-electron chi connectivity index (χ3n) is 4.20. The highest BCUT2D eigenvalue weighted by atomic mass is 16.7. The summed E-state index contributed by atoms with van der Waals surface area (Å²) in [4.78, 5) is 0. The summed E-state index contributed by atoms with van der Waals surface area (Å²) in [5.41, 5.74) is 2.05. The molecule has 1 aliphatic heterocycles. The average Bonchev–Trinajstić information content (AvgIpc) is 2.58. The Morgan fingerprint density at radius 3 is 2.19 bits per heavy atom. The van der Waals surface area contributed by atoms with Crippen molar-refractivity contribution < 1.29 is 9.47 Å². The predicted octanol–water partition coefficient (Wildman–Crippen LogP) is 4.11. The molecular weight excluding hydrogens is 264 g/mol. The molecule has 4 heteroatoms. The zero-order valence-electron chi connectivity index (χ0n) is 13.8. The van der Waals surface area contributed by atoms with E-state index in [-0.39, 0.29) is 17.5 Å². The van der Waals surface area contributed by atoms with Gasteiger partial charge in [0, 0.05) is 29.1 Å². The maximum absolute atomic E-state index is 7.61. The molecule has 1 aromatic carbocycles. The van der Waals surface area contributed by atoms with E-state index >= 15 is 0 Å². The smallest absolute Gasteiger partial charge is 0.185 e. The molecule has 0 spiro atoms. The van der Waals surface area contributed by atoms with Crippen molar-refractivity contribution in [2.75, 3.05) is 5.32 Å². The van der Waals surface area contributed by atoms with Gasteiger partial charge >= 0.3 is 0 Å². The van der Waals surface area contributed by atoms with Crippen molar-refractivity contribution in [2.45, 2.75) is 65.1 Å². The Balaban J connectivity index is 2.29. The van der Waals surface area contributed by atoms with Gasteiger partial charge in [0.05, 0.1) is 11.2 Å². The average molecular weight is 290 g/mol. The summed E-state index contributed by atoms with van der Waals surface area (Å²) in [6, 6.07) is 6.27. The molecule has 21 heavy (non-hydrogen) atoms. The van der Waals surface area contributed by atoms with E-state index in [1.165, 1.54) is 6.21 Å². The molecule has 4 nitrogen and oxygen atoms in total. The van der Waals surface area contributed by atoms with Gasteiger partial charge in [-0.25, -0.2) is 0 Å². The second-order valence-electron chi connectivity index (χ2n) is 6.88. The van der Waals surface area contributed by atoms with Crippen molar-refractivity contribution in [3.8, 4) is 0 Å². The normalized spacial score (nSPS) is 20.7. The van der Waals surface area contributed by atoms with Crippen molar-refractivity contribution in [1.29, 1.82) is 5.41 Å². The van der Waals surface area contributed by atoms with Crippen LogP contribution in [0.4, 0.5) is 5.69 Å². The second kappa shape index (κ2) is 5.43. The first-order chi connectivity index (χ1) is 9.66. The van der Waals surface area contributed by atoms with Crippen molar-refractivity contribution in [3.05, 3.63) is 29.3 Å². The molecule has 1 aliphatic rings. The molecule has 0 saturated carbocycles. The first-order valence-electron chi connectivity index (χ1n) is 7.43. The fourth-order valence-electron chi connectivity index (χ4n) is 2.27. The van der Waals surface area contributed by atoms with Gasteiger partial charge in [-0.2, -0.15) is 0 Å². The minimum Gasteiger partial charge on any atom is -0.382 e. The molecule has 0 aromatic heterocycles. The molecule has 0 atom stereocenters. The van der Waals surface area contributed by atoms with Crippen LogP contribution in [0.15, 0.2) is 18.2 Å². The number of hydrogen-bond acceptors (Lipinski definition) is 4. The maximum Gasteiger partial charge on any atom is 0.185 e. The van der Waals surface area contributed by atoms with Crippen LogP contribution >= 0.6 is 0 Å². The lowest BCUT2D eigenvalue weighted by molar-refractivity contribution is -0.0895. The van der Waals surface area contributed by atoms with Crippen molar-refractivity contribution in [3.63, 3.8) is 0 Å². The van der Waals surface area contributed by atoms with E-state index < -0.39 is 0 Å². The van der Waals surface area contributed by atoms with Gasteiger partial charge in [0.15, 0.2) is 6.29 Å². The molecular formula is C17H26N2O2. The Bertz CT molecular complexity index is 520. The van der Waals surface area contributed by atoms with Gasteiger partial charge in [-0.05, 0) is 53.7 Å². The lowest BCUT2D eigenvalue weighted by atomic mass is 9.90. The zero-order chi connectivity index (χ0) is 15.8. The van der Waals surface area contributed by atoms with Crippen molar-refractivity contribution in [2.24, 2.45) is 0 Å². The molecule has 0 bridgehead atoms. The lowest BCUT2D eigenvalue weighted by Crippen LogP contribution is -2.41. The number of anilines is 1. The summed E-state index contributed by atoms with van der Waals surface area (Å²) in [5, 5.41) is 10.9. The Kier molecular flexibility index (Phi) is 4.13. The lowest BCUT2D eigenvalue weighted by Gasteiger charge is -2.30. The highest BCUT2D eigenvalue weighted by Crippen LogP contribution is 2.45. The first kappa shape index (κ1) is 16.0. The summed E-state index contributed by atoms with van der Waals surface area (Å²) >= 11 is 0. The molecule has 1 saturated heterocycles. The summed E-state index contributed by atoms with van der Waals surface area (Å²) in [6.07, 6.45) is 0.973. The van der Waals surface area contributed by atoms with Crippen molar-refractivity contribution >= 4 is 11.9 Å². The standard InChI is InChI=1S/C17H26N2O2/c1-11(2)19-14-8-7-12(9-13(14)10-18)15-20-16(3,4)17(5,6)21-15/h7-11,15,18-19H,1-6H3. The van der Waals surface area contributed by atoms with Crippen LogP contribution in [0.5, 0.6) is 0 Å². The number of rotatable bonds is 4. The van der Waals surface area contributed by atoms with Gasteiger partial charge < -0.3 is 20.2 Å². The Hall–Kier alpha value is -1.39. The monoisotopic (exact) mass is 290 g/mol. The molecule has 2 N–H and O–H groups in total. The van der Waals surface area contributed by atoms with E-state index in [1.54, 1.807) is 0 Å². The van der Waals surface area contributed by atoms with Gasteiger partial charge in [-0.3, -0.25) is 0 Å². The van der Waals surface area contributed by atoms with Crippen LogP contribution in [-0.2, 0) is 9.47 Å². The molecule has 0 unspecified atom stereocenters. The van der Waals surface area contributed by atoms with E-state index in [2.05, 4.69) is 19.2 Å². The van der Waals surface area contributed by atoms with E-state index in [9.17, 15) is 0 Å². The van der Waals surface area contributed by atoms with E-state index in [0.717, 1.165) is 16.8 Å². The van der Waals surface area contributed by atoms with Crippen LogP contribution in [0.3, 0.4) is 0 Å². The van der Waals surface area contributed by atoms with Gasteiger partial charge in [-0.15, -0.1) is 0 Å². The third-order valence-corrected chi connectivity index (χ3v) is 4.20. The van der Waals surface area contributed by atoms with Crippen molar-refractivity contribution in [1.82, 2.24) is 0 Å². The number of hydrogen-bond donors (Lipinski definition) is 2. The topological polar surface area (TPSA) is 54.3 Å². The quantitative estimate of drug-likeness (QED) is 0.821. The van der Waals surface area contributed by atoms with E-state index in [1.807, 2.05) is 45.9 Å². The minimum absolute atomic E-state index is 0.325. The van der Waals surface area contributed by atoms with Crippen LogP contribution in [-0.4, -0.2) is 23.5 Å². The maximum atomic E-state index is 7.61. The highest BCUT2D eigenvalue weighted by molar-refractivity contribution is 5.86. The Morgan fingerprint density at radius 2 is 1.71 bits per heavy atom. The molecule has 1 heterocycles. The Labute approximate surface area is 127 Å². The molecule has 0 amide bonds. The van der Waals surface area contributed by atoms with Gasteiger partial charge in [0.2, 0.25) is 0 Å². The molecule has 2 rings (SSSR count). The highest BCUT2D eigenvalue weighted by Gasteiger charge is 2.49. The van der Waals surface area contributed by atoms with Crippen LogP contribution < -0.4 is 5.32 Å². The molecule has 116 valence electrons. The van der Waals surface area contributed by atoms with E-state index in [4.69, 9.17) is 14.9 Å². The number of ether oxygens (including phenoxy) is 2. The first-order valence-corrected chi connectivity index (χ1v) is 7.43. The fourth-order valence-corrected chi connectivity index (χ4v) is 2.27. The molecule has 0 radical (unpaired) electrons. The zero-order valence-corrected chi connectivity index (χ0v) is 13.8. The Morgan fingerprint density at radius 1 is 1.14 bits per heavy atom. The summed E-state index contributed by atoms with van der Waals surface area (Å²) in [5.74, 6) is 0. The van der Waals surface area contributed by atoms with Gasteiger partial charge in [-0.1, -0.05) is 6.07 Å². The second-order valence-corrected chi connectivity index (χ2v) is 6.88. The van der Waals surface area contributed by atoms with Crippen LogP contribution in [0, 0.1) is 5.41 Å². The molecule has 0 aliphatic carbocycles. The predicted molar refractivity (Wildman–Crippen MR) is 86.2 cm³/mol. The minimum atomic E-state index is -0.387. The van der Waals surface area contributed by atoms with E-state index in [0.29, 0.717) is 6.04 Å². The summed E-state index contributed by atoms with van der Waals surface area (Å²) in [7, 11) is 0. The third kappa shape index (κ3) is 3.11. The van der Waals surface area contributed by atoms with Gasteiger partial charge in [0.1, 0.15) is 0 Å². The molecule has 1 fully saturated rings. The summed E-state index contributed by atoms with van der Waals surface area (Å²) < 4.78 is 12.1. The van der Waals surface area contributed by atoms with Crippen LogP contribution in [0.25, 0.3) is 0 Å².